The van der Waals surface area contributed by atoms with Crippen LogP contribution in [0.1, 0.15) is 73.5 Å². The first-order chi connectivity index (χ1) is 16.1. The summed E-state index contributed by atoms with van der Waals surface area (Å²) in [6, 6.07) is 14.2. The van der Waals surface area contributed by atoms with Gasteiger partial charge in [-0.2, -0.15) is 0 Å². The number of imide groups is 2. The molecular formula is C26H27N3O4. The van der Waals surface area contributed by atoms with Gasteiger partial charge in [0.25, 0.3) is 23.6 Å². The Morgan fingerprint density at radius 2 is 0.970 bits per heavy atom. The number of hydrogen-bond donors (Lipinski definition) is 0. The molecule has 4 amide bonds. The van der Waals surface area contributed by atoms with E-state index in [0.717, 1.165) is 25.7 Å². The quantitative estimate of drug-likeness (QED) is 0.612. The van der Waals surface area contributed by atoms with E-state index < -0.39 is 0 Å². The number of benzene rings is 2. The van der Waals surface area contributed by atoms with Crippen LogP contribution in [0.25, 0.3) is 0 Å². The van der Waals surface area contributed by atoms with Crippen LogP contribution in [0, 0.1) is 0 Å². The van der Waals surface area contributed by atoms with Gasteiger partial charge in [-0.15, -0.1) is 0 Å². The summed E-state index contributed by atoms with van der Waals surface area (Å²) in [4.78, 5) is 56.0. The van der Waals surface area contributed by atoms with Crippen molar-refractivity contribution in [2.75, 3.05) is 26.2 Å². The number of nitrogens with zero attached hydrogens (tertiary/aromatic N) is 3. The summed E-state index contributed by atoms with van der Waals surface area (Å²) in [5.74, 6) is -1.00. The molecular weight excluding hydrogens is 418 g/mol. The smallest absolute Gasteiger partial charge is 0.261 e. The van der Waals surface area contributed by atoms with Gasteiger partial charge in [-0.05, 0) is 37.1 Å². The van der Waals surface area contributed by atoms with Crippen LogP contribution in [0.15, 0.2) is 48.5 Å². The van der Waals surface area contributed by atoms with Crippen molar-refractivity contribution >= 4 is 23.6 Å². The van der Waals surface area contributed by atoms with Gasteiger partial charge in [0.2, 0.25) is 0 Å². The summed E-state index contributed by atoms with van der Waals surface area (Å²) in [6.45, 7) is 1.65. The minimum absolute atomic E-state index is 0.250. The first-order valence-electron chi connectivity index (χ1n) is 11.7. The number of amides is 4. The molecule has 2 aromatic rings. The van der Waals surface area contributed by atoms with Gasteiger partial charge in [0.15, 0.2) is 0 Å². The maximum atomic E-state index is 12.8. The van der Waals surface area contributed by atoms with Gasteiger partial charge in [-0.3, -0.25) is 33.9 Å². The first-order valence-corrected chi connectivity index (χ1v) is 11.7. The zero-order valence-corrected chi connectivity index (χ0v) is 18.5. The molecule has 1 saturated carbocycles. The largest absolute Gasteiger partial charge is 0.297 e. The average molecular weight is 446 g/mol. The topological polar surface area (TPSA) is 78.0 Å². The molecule has 0 spiro atoms. The average Bonchev–Trinajstić information content (AvgIpc) is 3.25. The van der Waals surface area contributed by atoms with Crippen LogP contribution in [0.5, 0.6) is 0 Å². The summed E-state index contributed by atoms with van der Waals surface area (Å²) >= 11 is 0. The highest BCUT2D eigenvalue weighted by Gasteiger charge is 2.37. The molecule has 0 atom stereocenters. The predicted octanol–water partition coefficient (Wildman–Crippen LogP) is 3.21. The summed E-state index contributed by atoms with van der Waals surface area (Å²) in [6.07, 6.45) is 5.58. The molecule has 1 fully saturated rings. The fraction of sp³-hybridized carbons (Fsp3) is 0.385. The van der Waals surface area contributed by atoms with Crippen molar-refractivity contribution in [2.24, 2.45) is 0 Å². The molecule has 0 bridgehead atoms. The Morgan fingerprint density at radius 3 is 1.33 bits per heavy atom. The second-order valence-electron chi connectivity index (χ2n) is 8.94. The predicted molar refractivity (Wildman–Crippen MR) is 122 cm³/mol. The molecule has 170 valence electrons. The van der Waals surface area contributed by atoms with E-state index in [0.29, 0.717) is 54.5 Å². The zero-order chi connectivity index (χ0) is 22.9. The van der Waals surface area contributed by atoms with Gasteiger partial charge in [0.05, 0.1) is 22.3 Å². The number of rotatable bonds is 7. The highest BCUT2D eigenvalue weighted by molar-refractivity contribution is 6.22. The molecule has 5 rings (SSSR count). The molecule has 7 nitrogen and oxygen atoms in total. The molecule has 1 aliphatic carbocycles. The van der Waals surface area contributed by atoms with Crippen molar-refractivity contribution < 1.29 is 19.2 Å². The Hall–Kier alpha value is -3.32. The van der Waals surface area contributed by atoms with E-state index in [4.69, 9.17) is 0 Å². The van der Waals surface area contributed by atoms with E-state index in [1.165, 1.54) is 16.2 Å². The van der Waals surface area contributed by atoms with Crippen LogP contribution in [0.3, 0.4) is 0 Å². The summed E-state index contributed by atoms with van der Waals surface area (Å²) in [5, 5.41) is 0. The monoisotopic (exact) mass is 445 g/mol. The van der Waals surface area contributed by atoms with Crippen LogP contribution < -0.4 is 0 Å². The normalized spacial score (nSPS) is 18.5. The standard InChI is InChI=1S/C26H27N3O4/c30-23-19-10-4-5-11-20(19)24(31)28(23)16-14-27(18-8-2-1-3-9-18)15-17-29-25(32)21-12-6-7-13-22(21)26(29)33/h4-7,10-13,18H,1-3,8-9,14-17H2. The third-order valence-corrected chi connectivity index (χ3v) is 7.07. The van der Waals surface area contributed by atoms with Crippen molar-refractivity contribution in [3.8, 4) is 0 Å². The second kappa shape index (κ2) is 8.90. The van der Waals surface area contributed by atoms with E-state index in [1.807, 2.05) is 0 Å². The minimum atomic E-state index is -0.250. The molecule has 0 N–H and O–H groups in total. The SMILES string of the molecule is O=C1c2ccccc2C(=O)N1CCN(CCN1C(=O)c2ccccc2C1=O)C1CCCCC1. The van der Waals surface area contributed by atoms with Crippen molar-refractivity contribution in [3.63, 3.8) is 0 Å². The maximum absolute atomic E-state index is 12.8. The Morgan fingerprint density at radius 1 is 0.606 bits per heavy atom. The van der Waals surface area contributed by atoms with E-state index >= 15 is 0 Å². The molecule has 0 aromatic heterocycles. The highest BCUT2D eigenvalue weighted by atomic mass is 16.2. The van der Waals surface area contributed by atoms with Gasteiger partial charge in [0.1, 0.15) is 0 Å². The van der Waals surface area contributed by atoms with Gasteiger partial charge in [-0.25, -0.2) is 0 Å². The lowest BCUT2D eigenvalue weighted by Crippen LogP contribution is -2.47. The molecule has 0 radical (unpaired) electrons. The zero-order valence-electron chi connectivity index (χ0n) is 18.5. The van der Waals surface area contributed by atoms with Gasteiger partial charge in [-0.1, -0.05) is 43.5 Å². The number of carbonyl (C=O) groups is 4. The van der Waals surface area contributed by atoms with Crippen LogP contribution in [0.4, 0.5) is 0 Å². The maximum Gasteiger partial charge on any atom is 0.261 e. The Labute approximate surface area is 193 Å². The lowest BCUT2D eigenvalue weighted by atomic mass is 9.94. The molecule has 3 aliphatic rings. The molecule has 0 unspecified atom stereocenters. The van der Waals surface area contributed by atoms with Crippen LogP contribution in [0.2, 0.25) is 0 Å². The Kier molecular flexibility index (Phi) is 5.81. The second-order valence-corrected chi connectivity index (χ2v) is 8.94. The third kappa shape index (κ3) is 3.86. The van der Waals surface area contributed by atoms with Gasteiger partial charge < -0.3 is 0 Å². The fourth-order valence-electron chi connectivity index (χ4n) is 5.26. The van der Waals surface area contributed by atoms with E-state index in [-0.39, 0.29) is 23.6 Å². The Balaban J connectivity index is 1.27. The summed E-state index contributed by atoms with van der Waals surface area (Å²) in [5.41, 5.74) is 1.82. The molecule has 2 aliphatic heterocycles. The summed E-state index contributed by atoms with van der Waals surface area (Å²) < 4.78 is 0. The van der Waals surface area contributed by atoms with Crippen molar-refractivity contribution in [1.29, 1.82) is 0 Å². The molecule has 0 saturated heterocycles. The third-order valence-electron chi connectivity index (χ3n) is 7.07. The van der Waals surface area contributed by atoms with Crippen molar-refractivity contribution in [3.05, 3.63) is 70.8 Å². The number of fused-ring (bicyclic) bond motifs is 2. The highest BCUT2D eigenvalue weighted by Crippen LogP contribution is 2.26. The molecule has 2 heterocycles. The number of hydrogen-bond acceptors (Lipinski definition) is 5. The van der Waals surface area contributed by atoms with Crippen LogP contribution >= 0.6 is 0 Å². The first kappa shape index (κ1) is 21.5. The minimum Gasteiger partial charge on any atom is -0.297 e. The van der Waals surface area contributed by atoms with Gasteiger partial charge in [0, 0.05) is 32.2 Å². The van der Waals surface area contributed by atoms with Crippen molar-refractivity contribution in [2.45, 2.75) is 38.1 Å². The van der Waals surface area contributed by atoms with Gasteiger partial charge >= 0.3 is 0 Å². The van der Waals surface area contributed by atoms with E-state index in [9.17, 15) is 19.2 Å². The summed E-state index contributed by atoms with van der Waals surface area (Å²) in [7, 11) is 0. The lowest BCUT2D eigenvalue weighted by Gasteiger charge is -2.35. The molecule has 2 aromatic carbocycles. The van der Waals surface area contributed by atoms with Crippen LogP contribution in [-0.2, 0) is 0 Å². The molecule has 33 heavy (non-hydrogen) atoms. The lowest BCUT2D eigenvalue weighted by molar-refractivity contribution is 0.0579. The fourth-order valence-corrected chi connectivity index (χ4v) is 5.26. The van der Waals surface area contributed by atoms with E-state index in [2.05, 4.69) is 4.90 Å². The Bertz CT molecular complexity index is 973. The van der Waals surface area contributed by atoms with Crippen LogP contribution in [-0.4, -0.2) is 70.5 Å². The number of carbonyl (C=O) groups excluding carboxylic acids is 4. The molecule has 7 heteroatoms. The van der Waals surface area contributed by atoms with Crippen molar-refractivity contribution in [1.82, 2.24) is 14.7 Å². The van der Waals surface area contributed by atoms with E-state index in [1.54, 1.807) is 48.5 Å².